The van der Waals surface area contributed by atoms with Crippen LogP contribution in [0.25, 0.3) is 5.76 Å². The topological polar surface area (TPSA) is 85.3 Å². The number of Topliss-reactive ketones (excluding diaryl/α,β-unsaturated/α-hetero) is 1. The third-order valence-electron chi connectivity index (χ3n) is 6.18. The molecule has 1 N–H and O–H groups in total. The molecule has 1 atom stereocenters. The number of benzene rings is 3. The summed E-state index contributed by atoms with van der Waals surface area (Å²) in [5.41, 5.74) is 1.69. The van der Waals surface area contributed by atoms with E-state index in [1.54, 1.807) is 43.5 Å². The van der Waals surface area contributed by atoms with Crippen molar-refractivity contribution in [1.82, 2.24) is 4.90 Å². The number of ether oxygens (including phenoxy) is 3. The molecule has 1 heterocycles. The molecular formula is C28H26FNO6. The standard InChI is InChI=1S/C28H26FNO6/c1-34-21-11-7-19(8-12-21)26(31)24-25(18-5-9-20(29)10-6-18)30(28(33)27(24)32)15-14-17-4-13-22(35-2)23(16-17)36-3/h4-13,16,25,31H,14-15H2,1-3H3. The monoisotopic (exact) mass is 491 g/mol. The van der Waals surface area contributed by atoms with E-state index in [1.807, 2.05) is 6.07 Å². The molecule has 0 spiro atoms. The van der Waals surface area contributed by atoms with Crippen molar-refractivity contribution in [2.45, 2.75) is 12.5 Å². The molecule has 3 aromatic carbocycles. The highest BCUT2D eigenvalue weighted by Crippen LogP contribution is 2.40. The lowest BCUT2D eigenvalue weighted by molar-refractivity contribution is -0.139. The molecule has 0 radical (unpaired) electrons. The van der Waals surface area contributed by atoms with Gasteiger partial charge in [-0.3, -0.25) is 9.59 Å². The number of nitrogens with zero attached hydrogens (tertiary/aromatic N) is 1. The zero-order chi connectivity index (χ0) is 25.8. The lowest BCUT2D eigenvalue weighted by atomic mass is 9.95. The summed E-state index contributed by atoms with van der Waals surface area (Å²) in [6.07, 6.45) is 0.410. The molecule has 8 heteroatoms. The van der Waals surface area contributed by atoms with Crippen LogP contribution in [0.1, 0.15) is 22.7 Å². The molecule has 0 aliphatic carbocycles. The fourth-order valence-electron chi connectivity index (χ4n) is 4.29. The van der Waals surface area contributed by atoms with Crippen LogP contribution in [0.4, 0.5) is 4.39 Å². The van der Waals surface area contributed by atoms with Crippen LogP contribution in [0.2, 0.25) is 0 Å². The smallest absolute Gasteiger partial charge is 0.295 e. The van der Waals surface area contributed by atoms with Gasteiger partial charge in [0.05, 0.1) is 32.9 Å². The van der Waals surface area contributed by atoms with Crippen LogP contribution in [-0.4, -0.2) is 49.6 Å². The molecule has 1 saturated heterocycles. The largest absolute Gasteiger partial charge is 0.507 e. The Kier molecular flexibility index (Phi) is 7.24. The Hall–Kier alpha value is -4.33. The second-order valence-corrected chi connectivity index (χ2v) is 8.21. The van der Waals surface area contributed by atoms with Crippen molar-refractivity contribution >= 4 is 17.4 Å². The Morgan fingerprint density at radius 3 is 2.17 bits per heavy atom. The summed E-state index contributed by atoms with van der Waals surface area (Å²) in [5, 5.41) is 11.1. The number of hydrogen-bond donors (Lipinski definition) is 1. The molecule has 1 aliphatic heterocycles. The minimum Gasteiger partial charge on any atom is -0.507 e. The van der Waals surface area contributed by atoms with Crippen LogP contribution in [0.15, 0.2) is 72.3 Å². The van der Waals surface area contributed by atoms with Crippen molar-refractivity contribution in [3.05, 3.63) is 94.8 Å². The lowest BCUT2D eigenvalue weighted by Crippen LogP contribution is -2.31. The average molecular weight is 492 g/mol. The van der Waals surface area contributed by atoms with E-state index in [4.69, 9.17) is 14.2 Å². The molecule has 1 amide bonds. The van der Waals surface area contributed by atoms with Gasteiger partial charge < -0.3 is 24.2 Å². The summed E-state index contributed by atoms with van der Waals surface area (Å²) >= 11 is 0. The Morgan fingerprint density at radius 2 is 1.56 bits per heavy atom. The van der Waals surface area contributed by atoms with Gasteiger partial charge >= 0.3 is 0 Å². The second-order valence-electron chi connectivity index (χ2n) is 8.21. The number of carbonyl (C=O) groups excluding carboxylic acids is 2. The number of rotatable bonds is 8. The second kappa shape index (κ2) is 10.5. The number of methoxy groups -OCH3 is 3. The maximum atomic E-state index is 13.7. The van der Waals surface area contributed by atoms with Gasteiger partial charge in [0.2, 0.25) is 0 Å². The van der Waals surface area contributed by atoms with Gasteiger partial charge in [-0.25, -0.2) is 4.39 Å². The lowest BCUT2D eigenvalue weighted by Gasteiger charge is -2.25. The van der Waals surface area contributed by atoms with Crippen LogP contribution in [-0.2, 0) is 16.0 Å². The Morgan fingerprint density at radius 1 is 0.889 bits per heavy atom. The summed E-state index contributed by atoms with van der Waals surface area (Å²) in [5.74, 6) is -0.587. The van der Waals surface area contributed by atoms with Gasteiger partial charge in [-0.05, 0) is 66.1 Å². The van der Waals surface area contributed by atoms with Crippen molar-refractivity contribution < 1.29 is 33.3 Å². The van der Waals surface area contributed by atoms with Crippen molar-refractivity contribution in [1.29, 1.82) is 0 Å². The zero-order valence-corrected chi connectivity index (χ0v) is 20.2. The van der Waals surface area contributed by atoms with Gasteiger partial charge in [-0.15, -0.1) is 0 Å². The number of aliphatic hydroxyl groups is 1. The minimum absolute atomic E-state index is 0.0518. The molecule has 36 heavy (non-hydrogen) atoms. The summed E-state index contributed by atoms with van der Waals surface area (Å²) in [4.78, 5) is 27.7. The quantitative estimate of drug-likeness (QED) is 0.283. The number of halogens is 1. The van der Waals surface area contributed by atoms with Gasteiger partial charge in [0.15, 0.2) is 11.5 Å². The first-order valence-corrected chi connectivity index (χ1v) is 11.3. The first-order chi connectivity index (χ1) is 17.4. The summed E-state index contributed by atoms with van der Waals surface area (Å²) in [6.45, 7) is 0.182. The van der Waals surface area contributed by atoms with Gasteiger partial charge in [-0.2, -0.15) is 0 Å². The summed E-state index contributed by atoms with van der Waals surface area (Å²) < 4.78 is 29.5. The molecule has 7 nitrogen and oxygen atoms in total. The maximum Gasteiger partial charge on any atom is 0.295 e. The van der Waals surface area contributed by atoms with E-state index in [0.717, 1.165) is 5.56 Å². The van der Waals surface area contributed by atoms with Crippen molar-refractivity contribution in [3.63, 3.8) is 0 Å². The van der Waals surface area contributed by atoms with E-state index < -0.39 is 23.5 Å². The molecule has 0 aromatic heterocycles. The van der Waals surface area contributed by atoms with Crippen LogP contribution in [0.3, 0.4) is 0 Å². The molecule has 1 fully saturated rings. The third-order valence-corrected chi connectivity index (χ3v) is 6.18. The van der Waals surface area contributed by atoms with Crippen molar-refractivity contribution in [2.24, 2.45) is 0 Å². The van der Waals surface area contributed by atoms with Gasteiger partial charge in [0, 0.05) is 12.1 Å². The highest BCUT2D eigenvalue weighted by molar-refractivity contribution is 6.46. The van der Waals surface area contributed by atoms with Crippen LogP contribution >= 0.6 is 0 Å². The number of amides is 1. The predicted molar refractivity (Wildman–Crippen MR) is 132 cm³/mol. The molecular weight excluding hydrogens is 465 g/mol. The number of hydrogen-bond acceptors (Lipinski definition) is 6. The van der Waals surface area contributed by atoms with Gasteiger partial charge in [0.1, 0.15) is 17.3 Å². The van der Waals surface area contributed by atoms with E-state index in [9.17, 15) is 19.1 Å². The fourth-order valence-corrected chi connectivity index (χ4v) is 4.29. The minimum atomic E-state index is -0.882. The molecule has 3 aromatic rings. The van der Waals surface area contributed by atoms with Crippen LogP contribution in [0, 0.1) is 5.82 Å². The van der Waals surface area contributed by atoms with Crippen LogP contribution in [0.5, 0.6) is 17.2 Å². The number of aliphatic hydroxyl groups excluding tert-OH is 1. The SMILES string of the molecule is COc1ccc(C(O)=C2C(=O)C(=O)N(CCc3ccc(OC)c(OC)c3)C2c2ccc(F)cc2)cc1. The number of likely N-dealkylation sites (tertiary alicyclic amines) is 1. The van der Waals surface area contributed by atoms with E-state index in [2.05, 4.69) is 0 Å². The normalized spacial score (nSPS) is 16.8. The van der Waals surface area contributed by atoms with E-state index in [0.29, 0.717) is 34.8 Å². The third kappa shape index (κ3) is 4.75. The fraction of sp³-hybridized carbons (Fsp3) is 0.214. The van der Waals surface area contributed by atoms with Gasteiger partial charge in [-0.1, -0.05) is 18.2 Å². The zero-order valence-electron chi connectivity index (χ0n) is 20.2. The molecule has 186 valence electrons. The van der Waals surface area contributed by atoms with Crippen molar-refractivity contribution in [3.8, 4) is 17.2 Å². The first-order valence-electron chi connectivity index (χ1n) is 11.3. The van der Waals surface area contributed by atoms with E-state index in [1.165, 1.54) is 43.4 Å². The molecule has 0 saturated carbocycles. The van der Waals surface area contributed by atoms with Gasteiger partial charge in [0.25, 0.3) is 11.7 Å². The average Bonchev–Trinajstić information content (AvgIpc) is 3.16. The first kappa shape index (κ1) is 24.8. The van der Waals surface area contributed by atoms with E-state index >= 15 is 0 Å². The Labute approximate surface area is 208 Å². The van der Waals surface area contributed by atoms with Crippen LogP contribution < -0.4 is 14.2 Å². The Bertz CT molecular complexity index is 1300. The highest BCUT2D eigenvalue weighted by Gasteiger charge is 2.45. The van der Waals surface area contributed by atoms with E-state index in [-0.39, 0.29) is 17.9 Å². The molecule has 1 aliphatic rings. The molecule has 0 bridgehead atoms. The predicted octanol–water partition coefficient (Wildman–Crippen LogP) is 4.52. The van der Waals surface area contributed by atoms with Crippen molar-refractivity contribution in [2.75, 3.05) is 27.9 Å². The highest BCUT2D eigenvalue weighted by atomic mass is 19.1. The molecule has 1 unspecified atom stereocenters. The maximum absolute atomic E-state index is 13.7. The number of carbonyl (C=O) groups is 2. The Balaban J connectivity index is 1.73. The number of ketones is 1. The summed E-state index contributed by atoms with van der Waals surface area (Å²) in [7, 11) is 4.60. The molecule has 4 rings (SSSR count). The summed E-state index contributed by atoms with van der Waals surface area (Å²) in [6, 6.07) is 16.6.